The molecule has 0 fully saturated rings. The molecule has 0 bridgehead atoms. The summed E-state index contributed by atoms with van der Waals surface area (Å²) in [6.45, 7) is 2.03. The van der Waals surface area contributed by atoms with E-state index in [-0.39, 0.29) is 5.97 Å². The van der Waals surface area contributed by atoms with Crippen LogP contribution in [0, 0.1) is 0 Å². The zero-order chi connectivity index (χ0) is 10.8. The molecule has 0 aliphatic heterocycles. The number of hydrogen-bond donors (Lipinski definition) is 1. The Hall–Kier alpha value is -1.84. The van der Waals surface area contributed by atoms with Crippen molar-refractivity contribution in [3.8, 4) is 0 Å². The van der Waals surface area contributed by atoms with E-state index in [1.54, 1.807) is 12.1 Å². The van der Waals surface area contributed by atoms with E-state index in [2.05, 4.69) is 14.7 Å². The van der Waals surface area contributed by atoms with Gasteiger partial charge in [-0.3, -0.25) is 0 Å². The van der Waals surface area contributed by atoms with Gasteiger partial charge in [-0.15, -0.1) is 0 Å². The number of rotatable bonds is 2. The molecule has 0 saturated carbocycles. The number of aromatic amines is 1. The lowest BCUT2D eigenvalue weighted by atomic mass is 10.2. The van der Waals surface area contributed by atoms with Crippen molar-refractivity contribution < 1.29 is 9.53 Å². The number of imidazole rings is 1. The minimum absolute atomic E-state index is 0.335. The van der Waals surface area contributed by atoms with Crippen LogP contribution >= 0.6 is 0 Å². The van der Waals surface area contributed by atoms with Crippen molar-refractivity contribution in [3.63, 3.8) is 0 Å². The number of nitrogens with one attached hydrogen (secondary N) is 1. The van der Waals surface area contributed by atoms with E-state index >= 15 is 0 Å². The van der Waals surface area contributed by atoms with Crippen LogP contribution in [0.1, 0.15) is 23.1 Å². The summed E-state index contributed by atoms with van der Waals surface area (Å²) in [5, 5.41) is 0. The highest BCUT2D eigenvalue weighted by molar-refractivity contribution is 5.93. The first-order valence-corrected chi connectivity index (χ1v) is 4.81. The van der Waals surface area contributed by atoms with Crippen molar-refractivity contribution in [3.05, 3.63) is 29.6 Å². The number of fused-ring (bicyclic) bond motifs is 1. The second-order valence-electron chi connectivity index (χ2n) is 3.26. The lowest BCUT2D eigenvalue weighted by Crippen LogP contribution is -2.00. The van der Waals surface area contributed by atoms with Gasteiger partial charge in [0.25, 0.3) is 0 Å². The smallest absolute Gasteiger partial charge is 0.337 e. The first-order chi connectivity index (χ1) is 7.24. The summed E-state index contributed by atoms with van der Waals surface area (Å²) in [4.78, 5) is 18.8. The van der Waals surface area contributed by atoms with Gasteiger partial charge in [-0.2, -0.15) is 0 Å². The normalized spacial score (nSPS) is 10.5. The summed E-state index contributed by atoms with van der Waals surface area (Å²) in [7, 11) is 1.37. The molecule has 0 unspecified atom stereocenters. The van der Waals surface area contributed by atoms with Crippen molar-refractivity contribution in [2.24, 2.45) is 0 Å². The predicted octanol–water partition coefficient (Wildman–Crippen LogP) is 1.91. The fourth-order valence-corrected chi connectivity index (χ4v) is 1.47. The van der Waals surface area contributed by atoms with Crippen molar-refractivity contribution in [1.82, 2.24) is 9.97 Å². The van der Waals surface area contributed by atoms with Gasteiger partial charge < -0.3 is 9.72 Å². The second-order valence-corrected chi connectivity index (χ2v) is 3.26. The number of carbonyl (C=O) groups excluding carboxylic acids is 1. The van der Waals surface area contributed by atoms with Crippen LogP contribution in [-0.4, -0.2) is 23.0 Å². The summed E-state index contributed by atoms with van der Waals surface area (Å²) >= 11 is 0. The maximum absolute atomic E-state index is 11.3. The summed E-state index contributed by atoms with van der Waals surface area (Å²) in [5.74, 6) is 0.588. The van der Waals surface area contributed by atoms with Gasteiger partial charge in [0.15, 0.2) is 0 Å². The molecule has 1 N–H and O–H groups in total. The Balaban J connectivity index is 2.50. The van der Waals surface area contributed by atoms with Crippen LogP contribution in [-0.2, 0) is 11.2 Å². The monoisotopic (exact) mass is 204 g/mol. The Morgan fingerprint density at radius 1 is 1.53 bits per heavy atom. The number of nitrogens with zero attached hydrogens (tertiary/aromatic N) is 1. The minimum atomic E-state index is -0.335. The first kappa shape index (κ1) is 9.71. The highest BCUT2D eigenvalue weighted by Gasteiger charge is 2.08. The number of ether oxygens (including phenoxy) is 1. The van der Waals surface area contributed by atoms with E-state index in [0.29, 0.717) is 5.56 Å². The van der Waals surface area contributed by atoms with Crippen molar-refractivity contribution >= 4 is 17.0 Å². The zero-order valence-electron chi connectivity index (χ0n) is 8.70. The molecule has 1 aromatic carbocycles. The van der Waals surface area contributed by atoms with Crippen LogP contribution in [0.4, 0.5) is 0 Å². The number of methoxy groups -OCH3 is 1. The molecule has 0 aliphatic rings. The van der Waals surface area contributed by atoms with Gasteiger partial charge in [-0.1, -0.05) is 6.92 Å². The van der Waals surface area contributed by atoms with Crippen molar-refractivity contribution in [1.29, 1.82) is 0 Å². The Morgan fingerprint density at radius 3 is 3.00 bits per heavy atom. The molecule has 15 heavy (non-hydrogen) atoms. The standard InChI is InChI=1S/C11H12N2O2/c1-3-10-12-8-5-4-7(11(14)15-2)6-9(8)13-10/h4-6H,3H2,1-2H3,(H,12,13). The number of aromatic nitrogens is 2. The third-order valence-corrected chi connectivity index (χ3v) is 2.29. The molecule has 4 nitrogen and oxygen atoms in total. The highest BCUT2D eigenvalue weighted by Crippen LogP contribution is 2.14. The third-order valence-electron chi connectivity index (χ3n) is 2.29. The minimum Gasteiger partial charge on any atom is -0.465 e. The maximum Gasteiger partial charge on any atom is 0.337 e. The topological polar surface area (TPSA) is 55.0 Å². The molecule has 2 aromatic rings. The summed E-state index contributed by atoms with van der Waals surface area (Å²) < 4.78 is 4.64. The van der Waals surface area contributed by atoms with E-state index in [4.69, 9.17) is 0 Å². The maximum atomic E-state index is 11.3. The lowest BCUT2D eigenvalue weighted by Gasteiger charge is -1.97. The predicted molar refractivity (Wildman–Crippen MR) is 56.8 cm³/mol. The Morgan fingerprint density at radius 2 is 2.33 bits per heavy atom. The number of H-pyrrole nitrogens is 1. The average molecular weight is 204 g/mol. The number of hydrogen-bond acceptors (Lipinski definition) is 3. The summed E-state index contributed by atoms with van der Waals surface area (Å²) in [6.07, 6.45) is 0.849. The highest BCUT2D eigenvalue weighted by atomic mass is 16.5. The molecule has 0 radical (unpaired) electrons. The Bertz CT molecular complexity index is 502. The van der Waals surface area contributed by atoms with Crippen LogP contribution in [0.3, 0.4) is 0 Å². The van der Waals surface area contributed by atoms with E-state index < -0.39 is 0 Å². The van der Waals surface area contributed by atoms with Crippen LogP contribution in [0.2, 0.25) is 0 Å². The first-order valence-electron chi connectivity index (χ1n) is 4.81. The molecule has 0 atom stereocenters. The van der Waals surface area contributed by atoms with E-state index in [1.807, 2.05) is 13.0 Å². The molecule has 0 spiro atoms. The largest absolute Gasteiger partial charge is 0.465 e. The fraction of sp³-hybridized carbons (Fsp3) is 0.273. The van der Waals surface area contributed by atoms with Crippen LogP contribution in [0.5, 0.6) is 0 Å². The second kappa shape index (κ2) is 3.73. The number of benzene rings is 1. The molecule has 2 rings (SSSR count). The SMILES string of the molecule is CCc1nc2cc(C(=O)OC)ccc2[nH]1. The van der Waals surface area contributed by atoms with Gasteiger partial charge in [0, 0.05) is 6.42 Å². The van der Waals surface area contributed by atoms with Crippen LogP contribution < -0.4 is 0 Å². The van der Waals surface area contributed by atoms with Crippen LogP contribution in [0.15, 0.2) is 18.2 Å². The van der Waals surface area contributed by atoms with E-state index in [0.717, 1.165) is 23.3 Å². The molecule has 0 amide bonds. The van der Waals surface area contributed by atoms with Gasteiger partial charge in [0.05, 0.1) is 23.7 Å². The quantitative estimate of drug-likeness (QED) is 0.760. The number of carbonyl (C=O) groups is 1. The Kier molecular flexibility index (Phi) is 2.41. The van der Waals surface area contributed by atoms with Gasteiger partial charge in [-0.25, -0.2) is 9.78 Å². The average Bonchev–Trinajstić information content (AvgIpc) is 2.69. The molecular formula is C11H12N2O2. The van der Waals surface area contributed by atoms with E-state index in [9.17, 15) is 4.79 Å². The number of esters is 1. The van der Waals surface area contributed by atoms with Crippen LogP contribution in [0.25, 0.3) is 11.0 Å². The van der Waals surface area contributed by atoms with Gasteiger partial charge in [-0.05, 0) is 18.2 Å². The zero-order valence-corrected chi connectivity index (χ0v) is 8.70. The molecule has 0 aliphatic carbocycles. The molecule has 78 valence electrons. The molecule has 4 heteroatoms. The summed E-state index contributed by atoms with van der Waals surface area (Å²) in [5.41, 5.74) is 2.27. The van der Waals surface area contributed by atoms with E-state index in [1.165, 1.54) is 7.11 Å². The molecule has 0 saturated heterocycles. The van der Waals surface area contributed by atoms with Crippen molar-refractivity contribution in [2.75, 3.05) is 7.11 Å². The van der Waals surface area contributed by atoms with Gasteiger partial charge in [0.2, 0.25) is 0 Å². The van der Waals surface area contributed by atoms with Crippen molar-refractivity contribution in [2.45, 2.75) is 13.3 Å². The fourth-order valence-electron chi connectivity index (χ4n) is 1.47. The molecule has 1 heterocycles. The van der Waals surface area contributed by atoms with Gasteiger partial charge >= 0.3 is 5.97 Å². The van der Waals surface area contributed by atoms with Gasteiger partial charge in [0.1, 0.15) is 5.82 Å². The summed E-state index contributed by atoms with van der Waals surface area (Å²) in [6, 6.07) is 5.30. The lowest BCUT2D eigenvalue weighted by molar-refractivity contribution is 0.0601. The number of aryl methyl sites for hydroxylation is 1. The molecule has 1 aromatic heterocycles. The molecular weight excluding hydrogens is 192 g/mol. The third kappa shape index (κ3) is 1.70. The Labute approximate surface area is 87.3 Å².